The van der Waals surface area contributed by atoms with Gasteiger partial charge in [-0.1, -0.05) is 13.8 Å². The number of piperidine rings is 1. The summed E-state index contributed by atoms with van der Waals surface area (Å²) >= 11 is 1.42. The zero-order valence-electron chi connectivity index (χ0n) is 16.4. The van der Waals surface area contributed by atoms with Gasteiger partial charge in [0.1, 0.15) is 0 Å². The van der Waals surface area contributed by atoms with Crippen molar-refractivity contribution < 1.29 is 14.4 Å². The maximum atomic E-state index is 12.4. The Labute approximate surface area is 164 Å². The zero-order chi connectivity index (χ0) is 20.0. The molecule has 2 heterocycles. The third-order valence-electron chi connectivity index (χ3n) is 4.58. The van der Waals surface area contributed by atoms with Gasteiger partial charge in [-0.25, -0.2) is 9.78 Å². The largest absolute Gasteiger partial charge is 0.338 e. The molecule has 0 aliphatic carbocycles. The molecular weight excluding hydrogens is 366 g/mol. The van der Waals surface area contributed by atoms with Crippen molar-refractivity contribution in [3.8, 4) is 0 Å². The van der Waals surface area contributed by atoms with E-state index >= 15 is 0 Å². The highest BCUT2D eigenvalue weighted by atomic mass is 32.1. The summed E-state index contributed by atoms with van der Waals surface area (Å²) in [7, 11) is 0. The molecule has 0 radical (unpaired) electrons. The average molecular weight is 396 g/mol. The molecule has 1 unspecified atom stereocenters. The second kappa shape index (κ2) is 9.80. The number of anilines is 1. The Hall–Kier alpha value is -2.00. The van der Waals surface area contributed by atoms with Gasteiger partial charge >= 0.3 is 6.03 Å². The topological polar surface area (TPSA) is 103 Å². The van der Waals surface area contributed by atoms with Crippen LogP contribution in [-0.4, -0.2) is 53.4 Å². The molecule has 9 heteroatoms. The predicted molar refractivity (Wildman–Crippen MR) is 106 cm³/mol. The Kier molecular flexibility index (Phi) is 7.73. The molecule has 1 aromatic rings. The van der Waals surface area contributed by atoms with E-state index < -0.39 is 12.1 Å². The minimum atomic E-state index is -0.464. The number of nitrogens with one attached hydrogen (secondary N) is 3. The number of aromatic nitrogens is 1. The van der Waals surface area contributed by atoms with Crippen molar-refractivity contribution >= 4 is 34.3 Å². The van der Waals surface area contributed by atoms with Gasteiger partial charge < -0.3 is 10.6 Å². The van der Waals surface area contributed by atoms with Crippen LogP contribution in [0.1, 0.15) is 39.3 Å². The fourth-order valence-corrected chi connectivity index (χ4v) is 3.58. The first-order chi connectivity index (χ1) is 12.8. The standard InChI is InChI=1S/C18H29N5O3S/c1-11(2)9-19-17(26)21-15(24)13(4)23-7-5-14(6-8-23)16(25)22-18-20-12(3)10-27-18/h10-11,13-14H,5-9H2,1-4H3,(H,20,22,25)(H2,19,21,24,26). The Bertz CT molecular complexity index is 668. The number of hydrogen-bond acceptors (Lipinski definition) is 6. The van der Waals surface area contributed by atoms with Crippen LogP contribution in [0, 0.1) is 18.8 Å². The molecular formula is C18H29N5O3S. The van der Waals surface area contributed by atoms with Crippen molar-refractivity contribution in [3.05, 3.63) is 11.1 Å². The molecule has 0 spiro atoms. The highest BCUT2D eigenvalue weighted by molar-refractivity contribution is 7.13. The van der Waals surface area contributed by atoms with Crippen LogP contribution in [0.2, 0.25) is 0 Å². The first-order valence-corrected chi connectivity index (χ1v) is 10.2. The first kappa shape index (κ1) is 21.3. The van der Waals surface area contributed by atoms with Gasteiger partial charge in [0.2, 0.25) is 11.8 Å². The molecule has 0 saturated carbocycles. The molecule has 1 aliphatic heterocycles. The molecule has 8 nitrogen and oxygen atoms in total. The second-order valence-electron chi connectivity index (χ2n) is 7.36. The van der Waals surface area contributed by atoms with E-state index in [2.05, 4.69) is 20.9 Å². The van der Waals surface area contributed by atoms with Crippen LogP contribution in [0.5, 0.6) is 0 Å². The first-order valence-electron chi connectivity index (χ1n) is 9.32. The van der Waals surface area contributed by atoms with Crippen molar-refractivity contribution in [1.82, 2.24) is 20.5 Å². The van der Waals surface area contributed by atoms with Gasteiger partial charge in [-0.2, -0.15) is 0 Å². The maximum Gasteiger partial charge on any atom is 0.321 e. The van der Waals surface area contributed by atoms with E-state index in [9.17, 15) is 14.4 Å². The lowest BCUT2D eigenvalue weighted by atomic mass is 9.95. The Morgan fingerprint density at radius 2 is 1.93 bits per heavy atom. The number of carbonyl (C=O) groups excluding carboxylic acids is 3. The molecule has 1 saturated heterocycles. The smallest absolute Gasteiger partial charge is 0.321 e. The van der Waals surface area contributed by atoms with Gasteiger partial charge in [-0.3, -0.25) is 19.8 Å². The van der Waals surface area contributed by atoms with E-state index in [1.54, 1.807) is 6.92 Å². The highest BCUT2D eigenvalue weighted by Gasteiger charge is 2.30. The van der Waals surface area contributed by atoms with Crippen molar-refractivity contribution in [2.45, 2.75) is 46.6 Å². The number of amides is 4. The van der Waals surface area contributed by atoms with Crippen molar-refractivity contribution in [1.29, 1.82) is 0 Å². The SMILES string of the molecule is Cc1csc(NC(=O)C2CCN(C(C)C(=O)NC(=O)NCC(C)C)CC2)n1. The number of carbonyl (C=O) groups is 3. The number of nitrogens with zero attached hydrogens (tertiary/aromatic N) is 2. The molecule has 1 atom stereocenters. The van der Waals surface area contributed by atoms with Gasteiger partial charge in [0.15, 0.2) is 5.13 Å². The number of hydrogen-bond donors (Lipinski definition) is 3. The van der Waals surface area contributed by atoms with E-state index in [1.165, 1.54) is 11.3 Å². The summed E-state index contributed by atoms with van der Waals surface area (Å²) in [5, 5.41) is 10.4. The van der Waals surface area contributed by atoms with Crippen LogP contribution in [0.4, 0.5) is 9.93 Å². The van der Waals surface area contributed by atoms with Gasteiger partial charge in [0.25, 0.3) is 0 Å². The molecule has 1 aromatic heterocycles. The van der Waals surface area contributed by atoms with Crippen molar-refractivity contribution in [2.75, 3.05) is 25.0 Å². The lowest BCUT2D eigenvalue weighted by molar-refractivity contribution is -0.126. The maximum absolute atomic E-state index is 12.4. The third kappa shape index (κ3) is 6.59. The predicted octanol–water partition coefficient (Wildman–Crippen LogP) is 1.97. The molecule has 2 rings (SSSR count). The summed E-state index contributed by atoms with van der Waals surface area (Å²) in [5.41, 5.74) is 0.891. The Morgan fingerprint density at radius 1 is 1.26 bits per heavy atom. The average Bonchev–Trinajstić information content (AvgIpc) is 3.04. The van der Waals surface area contributed by atoms with E-state index in [0.29, 0.717) is 43.5 Å². The lowest BCUT2D eigenvalue weighted by Crippen LogP contribution is -2.52. The summed E-state index contributed by atoms with van der Waals surface area (Å²) < 4.78 is 0. The summed E-state index contributed by atoms with van der Waals surface area (Å²) in [6.45, 7) is 9.44. The third-order valence-corrected chi connectivity index (χ3v) is 5.46. The van der Waals surface area contributed by atoms with E-state index in [1.807, 2.05) is 31.1 Å². The Morgan fingerprint density at radius 3 is 2.48 bits per heavy atom. The summed E-state index contributed by atoms with van der Waals surface area (Å²) in [5.74, 6) is -0.108. The molecule has 0 aromatic carbocycles. The number of thiazole rings is 1. The van der Waals surface area contributed by atoms with Crippen molar-refractivity contribution in [2.24, 2.45) is 11.8 Å². The van der Waals surface area contributed by atoms with Crippen LogP contribution < -0.4 is 16.0 Å². The normalized spacial score (nSPS) is 16.8. The minimum Gasteiger partial charge on any atom is -0.338 e. The molecule has 1 aliphatic rings. The van der Waals surface area contributed by atoms with Crippen LogP contribution in [-0.2, 0) is 9.59 Å². The number of likely N-dealkylation sites (tertiary alicyclic amines) is 1. The fraction of sp³-hybridized carbons (Fsp3) is 0.667. The van der Waals surface area contributed by atoms with Gasteiger partial charge in [-0.05, 0) is 45.7 Å². The van der Waals surface area contributed by atoms with Gasteiger partial charge in [0.05, 0.1) is 11.7 Å². The summed E-state index contributed by atoms with van der Waals surface area (Å²) in [4.78, 5) is 42.6. The molecule has 27 heavy (non-hydrogen) atoms. The van der Waals surface area contributed by atoms with Crippen LogP contribution in [0.3, 0.4) is 0 Å². The highest BCUT2D eigenvalue weighted by Crippen LogP contribution is 2.22. The number of imide groups is 1. The van der Waals surface area contributed by atoms with Crippen molar-refractivity contribution in [3.63, 3.8) is 0 Å². The fourth-order valence-electron chi connectivity index (χ4n) is 2.89. The van der Waals surface area contributed by atoms with Crippen LogP contribution in [0.25, 0.3) is 0 Å². The Balaban J connectivity index is 1.76. The summed E-state index contributed by atoms with van der Waals surface area (Å²) in [6.07, 6.45) is 1.35. The van der Waals surface area contributed by atoms with Crippen LogP contribution in [0.15, 0.2) is 5.38 Å². The molecule has 4 amide bonds. The number of aryl methyl sites for hydroxylation is 1. The molecule has 150 valence electrons. The zero-order valence-corrected chi connectivity index (χ0v) is 17.2. The van der Waals surface area contributed by atoms with Crippen LogP contribution >= 0.6 is 11.3 Å². The van der Waals surface area contributed by atoms with E-state index in [4.69, 9.17) is 0 Å². The number of urea groups is 1. The lowest BCUT2D eigenvalue weighted by Gasteiger charge is -2.34. The van der Waals surface area contributed by atoms with E-state index in [0.717, 1.165) is 5.69 Å². The van der Waals surface area contributed by atoms with Gasteiger partial charge in [-0.15, -0.1) is 11.3 Å². The summed E-state index contributed by atoms with van der Waals surface area (Å²) in [6, 6.07) is -0.881. The molecule has 1 fully saturated rings. The molecule has 3 N–H and O–H groups in total. The monoisotopic (exact) mass is 395 g/mol. The molecule has 0 bridgehead atoms. The quantitative estimate of drug-likeness (QED) is 0.683. The van der Waals surface area contributed by atoms with Gasteiger partial charge in [0, 0.05) is 17.8 Å². The second-order valence-corrected chi connectivity index (χ2v) is 8.22. The van der Waals surface area contributed by atoms with E-state index in [-0.39, 0.29) is 17.7 Å². The number of rotatable bonds is 6. The minimum absolute atomic E-state index is 0.0193.